The summed E-state index contributed by atoms with van der Waals surface area (Å²) in [5.74, 6) is 0.541. The van der Waals surface area contributed by atoms with Gasteiger partial charge < -0.3 is 11.1 Å². The van der Waals surface area contributed by atoms with Crippen LogP contribution in [0.1, 0.15) is 39.0 Å². The van der Waals surface area contributed by atoms with Gasteiger partial charge in [-0.2, -0.15) is 0 Å². The zero-order valence-electron chi connectivity index (χ0n) is 12.5. The Bertz CT molecular complexity index is 667. The van der Waals surface area contributed by atoms with Gasteiger partial charge in [-0.25, -0.2) is 9.97 Å². The molecule has 0 spiro atoms. The summed E-state index contributed by atoms with van der Waals surface area (Å²) in [6.45, 7) is 1.89. The van der Waals surface area contributed by atoms with Gasteiger partial charge in [0.2, 0.25) is 5.91 Å². The number of fused-ring (bicyclic) bond motifs is 1. The smallest absolute Gasteiger partial charge is 0.233 e. The minimum absolute atomic E-state index is 0.0605. The van der Waals surface area contributed by atoms with Crippen LogP contribution in [0.3, 0.4) is 0 Å². The highest BCUT2D eigenvalue weighted by atomic mass is 32.2. The number of nitrogens with two attached hydrogens (primary N) is 1. The fraction of sp³-hybridized carbons (Fsp3) is 0.533. The summed E-state index contributed by atoms with van der Waals surface area (Å²) in [6, 6.07) is 2.25. The molecule has 0 aromatic carbocycles. The Morgan fingerprint density at radius 1 is 1.41 bits per heavy atom. The van der Waals surface area contributed by atoms with Gasteiger partial charge in [-0.15, -0.1) is 11.3 Å². The van der Waals surface area contributed by atoms with Crippen LogP contribution in [-0.2, 0) is 4.79 Å². The maximum atomic E-state index is 12.3. The first-order valence-electron chi connectivity index (χ1n) is 7.61. The molecule has 2 aromatic heterocycles. The molecule has 1 amide bonds. The van der Waals surface area contributed by atoms with E-state index in [4.69, 9.17) is 5.73 Å². The molecule has 1 aliphatic carbocycles. The second-order valence-electron chi connectivity index (χ2n) is 5.63. The van der Waals surface area contributed by atoms with E-state index in [1.54, 1.807) is 0 Å². The second kappa shape index (κ2) is 6.83. The third kappa shape index (κ3) is 3.52. The number of nitrogen functional groups attached to an aromatic ring is 1. The van der Waals surface area contributed by atoms with E-state index in [1.807, 2.05) is 18.4 Å². The summed E-state index contributed by atoms with van der Waals surface area (Å²) in [4.78, 5) is 21.9. The van der Waals surface area contributed by atoms with E-state index < -0.39 is 0 Å². The molecule has 1 saturated carbocycles. The Balaban J connectivity index is 1.64. The molecule has 1 fully saturated rings. The van der Waals surface area contributed by atoms with Gasteiger partial charge in [0, 0.05) is 6.04 Å². The Morgan fingerprint density at radius 2 is 2.18 bits per heavy atom. The van der Waals surface area contributed by atoms with Crippen molar-refractivity contribution in [2.45, 2.75) is 55.5 Å². The minimum atomic E-state index is -0.223. The number of nitrogens with one attached hydrogen (secondary N) is 1. The van der Waals surface area contributed by atoms with Gasteiger partial charge in [-0.05, 0) is 31.2 Å². The molecule has 0 bridgehead atoms. The summed E-state index contributed by atoms with van der Waals surface area (Å²) in [6.07, 6.45) is 5.88. The minimum Gasteiger partial charge on any atom is -0.383 e. The number of anilines is 1. The van der Waals surface area contributed by atoms with Gasteiger partial charge in [0.25, 0.3) is 0 Å². The number of amides is 1. The lowest BCUT2D eigenvalue weighted by molar-refractivity contribution is -0.121. The van der Waals surface area contributed by atoms with Crippen LogP contribution in [0.25, 0.3) is 10.2 Å². The topological polar surface area (TPSA) is 80.9 Å². The standard InChI is InChI=1S/C15H20N4OS2/c1-9(13(20)17-10-5-3-2-4-6-10)22-15-18-12(16)11-7-8-21-14(11)19-15/h7-10H,2-6H2,1H3,(H,17,20)(H2,16,18,19)/t9-/m1/s1. The maximum absolute atomic E-state index is 12.3. The number of hydrogen-bond donors (Lipinski definition) is 2. The van der Waals surface area contributed by atoms with Crippen molar-refractivity contribution in [1.82, 2.24) is 15.3 Å². The van der Waals surface area contributed by atoms with E-state index in [1.165, 1.54) is 42.4 Å². The van der Waals surface area contributed by atoms with Crippen LogP contribution >= 0.6 is 23.1 Å². The number of rotatable bonds is 4. The van der Waals surface area contributed by atoms with Crippen molar-refractivity contribution in [3.8, 4) is 0 Å². The van der Waals surface area contributed by atoms with Crippen LogP contribution in [0.4, 0.5) is 5.82 Å². The molecule has 0 unspecified atom stereocenters. The molecule has 1 atom stereocenters. The molecule has 3 N–H and O–H groups in total. The van der Waals surface area contributed by atoms with Crippen molar-refractivity contribution in [3.63, 3.8) is 0 Å². The molecule has 0 aliphatic heterocycles. The number of thiophene rings is 1. The van der Waals surface area contributed by atoms with Crippen LogP contribution in [0.15, 0.2) is 16.6 Å². The van der Waals surface area contributed by atoms with Crippen molar-refractivity contribution in [1.29, 1.82) is 0 Å². The normalized spacial score (nSPS) is 17.5. The number of nitrogens with zero attached hydrogens (tertiary/aromatic N) is 2. The van der Waals surface area contributed by atoms with Crippen LogP contribution < -0.4 is 11.1 Å². The van der Waals surface area contributed by atoms with E-state index in [9.17, 15) is 4.79 Å². The van der Waals surface area contributed by atoms with Gasteiger partial charge in [-0.3, -0.25) is 4.79 Å². The van der Waals surface area contributed by atoms with Gasteiger partial charge in [-0.1, -0.05) is 31.0 Å². The highest BCUT2D eigenvalue weighted by Crippen LogP contribution is 2.28. The van der Waals surface area contributed by atoms with Crippen LogP contribution in [-0.4, -0.2) is 27.2 Å². The second-order valence-corrected chi connectivity index (χ2v) is 7.84. The summed E-state index contributed by atoms with van der Waals surface area (Å²) in [5, 5.41) is 6.32. The molecular weight excluding hydrogens is 316 g/mol. The largest absolute Gasteiger partial charge is 0.383 e. The Morgan fingerprint density at radius 3 is 2.95 bits per heavy atom. The highest BCUT2D eigenvalue weighted by Gasteiger charge is 2.21. The quantitative estimate of drug-likeness (QED) is 0.662. The molecule has 22 heavy (non-hydrogen) atoms. The third-order valence-corrected chi connectivity index (χ3v) is 5.70. The number of aromatic nitrogens is 2. The summed E-state index contributed by atoms with van der Waals surface area (Å²) in [5.41, 5.74) is 5.94. The zero-order chi connectivity index (χ0) is 15.5. The van der Waals surface area contributed by atoms with Crippen molar-refractivity contribution in [2.24, 2.45) is 0 Å². The molecule has 0 saturated heterocycles. The van der Waals surface area contributed by atoms with Crippen LogP contribution in [0.5, 0.6) is 0 Å². The molecule has 3 rings (SSSR count). The maximum Gasteiger partial charge on any atom is 0.233 e. The van der Waals surface area contributed by atoms with Crippen molar-refractivity contribution in [2.75, 3.05) is 5.73 Å². The van der Waals surface area contributed by atoms with E-state index in [0.717, 1.165) is 23.1 Å². The molecular formula is C15H20N4OS2. The average molecular weight is 336 g/mol. The first-order chi connectivity index (χ1) is 10.6. The lowest BCUT2D eigenvalue weighted by atomic mass is 9.95. The number of carbonyl (C=O) groups is 1. The van der Waals surface area contributed by atoms with Gasteiger partial charge in [0.1, 0.15) is 10.6 Å². The molecule has 2 heterocycles. The van der Waals surface area contributed by atoms with Crippen LogP contribution in [0, 0.1) is 0 Å². The lowest BCUT2D eigenvalue weighted by Gasteiger charge is -2.24. The van der Waals surface area contributed by atoms with Crippen molar-refractivity contribution < 1.29 is 4.79 Å². The van der Waals surface area contributed by atoms with E-state index in [0.29, 0.717) is 17.0 Å². The monoisotopic (exact) mass is 336 g/mol. The van der Waals surface area contributed by atoms with E-state index in [2.05, 4.69) is 15.3 Å². The summed E-state index contributed by atoms with van der Waals surface area (Å²) < 4.78 is 0. The Kier molecular flexibility index (Phi) is 4.83. The predicted octanol–water partition coefficient (Wildman–Crippen LogP) is 3.20. The zero-order valence-corrected chi connectivity index (χ0v) is 14.2. The molecule has 0 radical (unpaired) electrons. The predicted molar refractivity (Wildman–Crippen MR) is 92.2 cm³/mol. The van der Waals surface area contributed by atoms with Gasteiger partial charge >= 0.3 is 0 Å². The molecule has 118 valence electrons. The first kappa shape index (κ1) is 15.6. The molecule has 7 heteroatoms. The van der Waals surface area contributed by atoms with Gasteiger partial charge in [0.15, 0.2) is 5.16 Å². The Labute approximate surface area is 138 Å². The molecule has 1 aliphatic rings. The third-order valence-electron chi connectivity index (χ3n) is 3.94. The van der Waals surface area contributed by atoms with E-state index >= 15 is 0 Å². The SMILES string of the molecule is C[C@@H](Sc1nc(N)c2ccsc2n1)C(=O)NC1CCCCC1. The fourth-order valence-corrected chi connectivity index (χ4v) is 4.30. The first-order valence-corrected chi connectivity index (χ1v) is 9.37. The van der Waals surface area contributed by atoms with Crippen molar-refractivity contribution >= 4 is 45.0 Å². The number of carbonyl (C=O) groups excluding carboxylic acids is 1. The van der Waals surface area contributed by atoms with Crippen molar-refractivity contribution in [3.05, 3.63) is 11.4 Å². The average Bonchev–Trinajstić information content (AvgIpc) is 2.97. The van der Waals surface area contributed by atoms with Crippen LogP contribution in [0.2, 0.25) is 0 Å². The Hall–Kier alpha value is -1.34. The highest BCUT2D eigenvalue weighted by molar-refractivity contribution is 8.00. The molecule has 2 aromatic rings. The number of thioether (sulfide) groups is 1. The molecule has 5 nitrogen and oxygen atoms in total. The van der Waals surface area contributed by atoms with E-state index in [-0.39, 0.29) is 11.2 Å². The fourth-order valence-electron chi connectivity index (χ4n) is 2.69. The van der Waals surface area contributed by atoms with Gasteiger partial charge in [0.05, 0.1) is 10.6 Å². The summed E-state index contributed by atoms with van der Waals surface area (Å²) in [7, 11) is 0. The summed E-state index contributed by atoms with van der Waals surface area (Å²) >= 11 is 2.90. The number of hydrogen-bond acceptors (Lipinski definition) is 6. The lowest BCUT2D eigenvalue weighted by Crippen LogP contribution is -2.40.